The lowest BCUT2D eigenvalue weighted by Crippen LogP contribution is -2.47. The van der Waals surface area contributed by atoms with E-state index in [9.17, 15) is 13.2 Å². The van der Waals surface area contributed by atoms with Gasteiger partial charge in [0.05, 0.1) is 12.0 Å². The molecule has 8 nitrogen and oxygen atoms in total. The Hall–Kier alpha value is -2.39. The number of ether oxygens (including phenoxy) is 1. The first kappa shape index (κ1) is 18.9. The van der Waals surface area contributed by atoms with E-state index in [0.717, 1.165) is 0 Å². The van der Waals surface area contributed by atoms with Crippen LogP contribution in [0.25, 0.3) is 0 Å². The molecule has 0 saturated carbocycles. The fraction of sp³-hybridized carbons (Fsp3) is 0.375. The van der Waals surface area contributed by atoms with Gasteiger partial charge in [0, 0.05) is 6.07 Å². The van der Waals surface area contributed by atoms with Crippen LogP contribution in [-0.2, 0) is 14.8 Å². The topological polar surface area (TPSA) is 111 Å². The van der Waals surface area contributed by atoms with Crippen LogP contribution in [0, 0.1) is 12.8 Å². The summed E-state index contributed by atoms with van der Waals surface area (Å²) in [5.41, 5.74) is 0. The number of hydrogen-bond donors (Lipinski definition) is 2. The molecule has 1 aromatic carbocycles. The number of hydrogen-bond acceptors (Lipinski definition) is 6. The molecule has 1 atom stereocenters. The Morgan fingerprint density at radius 3 is 2.36 bits per heavy atom. The number of carbonyl (C=O) groups is 1. The minimum atomic E-state index is -3.87. The molecule has 25 heavy (non-hydrogen) atoms. The summed E-state index contributed by atoms with van der Waals surface area (Å²) in [6.45, 7) is 5.18. The number of carbonyl (C=O) groups excluding carboxylic acids is 1. The molecule has 2 aromatic rings. The molecule has 2 N–H and O–H groups in total. The van der Waals surface area contributed by atoms with E-state index in [1.54, 1.807) is 26.8 Å². The van der Waals surface area contributed by atoms with E-state index >= 15 is 0 Å². The lowest BCUT2D eigenvalue weighted by Gasteiger charge is -2.21. The minimum absolute atomic E-state index is 0.0454. The van der Waals surface area contributed by atoms with Crippen molar-refractivity contribution in [3.63, 3.8) is 0 Å². The molecule has 1 aromatic heterocycles. The van der Waals surface area contributed by atoms with Gasteiger partial charge in [-0.1, -0.05) is 19.0 Å². The molecular weight excluding hydrogens is 346 g/mol. The summed E-state index contributed by atoms with van der Waals surface area (Å²) < 4.78 is 37.4. The molecule has 9 heteroatoms. The van der Waals surface area contributed by atoms with Gasteiger partial charge in [-0.25, -0.2) is 8.42 Å². The Morgan fingerprint density at radius 2 is 1.88 bits per heavy atom. The molecule has 0 aliphatic carbocycles. The molecule has 1 amide bonds. The van der Waals surface area contributed by atoms with Crippen molar-refractivity contribution in [2.75, 3.05) is 12.4 Å². The van der Waals surface area contributed by atoms with E-state index < -0.39 is 22.0 Å². The quantitative estimate of drug-likeness (QED) is 0.774. The fourth-order valence-corrected chi connectivity index (χ4v) is 3.46. The van der Waals surface area contributed by atoms with Crippen LogP contribution in [0.3, 0.4) is 0 Å². The third-order valence-corrected chi connectivity index (χ3v) is 4.94. The average Bonchev–Trinajstić information content (AvgIpc) is 2.97. The molecule has 136 valence electrons. The lowest BCUT2D eigenvalue weighted by atomic mass is 10.1. The third kappa shape index (κ3) is 4.80. The zero-order chi connectivity index (χ0) is 18.6. The zero-order valence-electron chi connectivity index (χ0n) is 14.4. The van der Waals surface area contributed by atoms with Crippen LogP contribution in [0.2, 0.25) is 0 Å². The largest absolute Gasteiger partial charge is 0.497 e. The summed E-state index contributed by atoms with van der Waals surface area (Å²) in [7, 11) is -2.38. The highest BCUT2D eigenvalue weighted by Gasteiger charge is 2.29. The van der Waals surface area contributed by atoms with Gasteiger partial charge in [0.15, 0.2) is 5.82 Å². The standard InChI is InChI=1S/C16H21N3O5S/c1-10(2)15(16(20)17-14-9-11(3)24-18-14)19-25(21,22)13-7-5-12(23-4)6-8-13/h5-10,15,19H,1-4H3,(H,17,18,20)/t15-/m0/s1. The van der Waals surface area contributed by atoms with Gasteiger partial charge in [-0.15, -0.1) is 0 Å². The highest BCUT2D eigenvalue weighted by atomic mass is 32.2. The predicted octanol–water partition coefficient (Wildman–Crippen LogP) is 1.93. The maximum Gasteiger partial charge on any atom is 0.244 e. The van der Waals surface area contributed by atoms with Gasteiger partial charge in [-0.05, 0) is 37.1 Å². The van der Waals surface area contributed by atoms with Crippen molar-refractivity contribution in [2.45, 2.75) is 31.7 Å². The Kier molecular flexibility index (Phi) is 5.81. The van der Waals surface area contributed by atoms with Gasteiger partial charge in [-0.2, -0.15) is 4.72 Å². The summed E-state index contributed by atoms with van der Waals surface area (Å²) in [5, 5.41) is 6.22. The van der Waals surface area contributed by atoms with E-state index in [2.05, 4.69) is 15.2 Å². The predicted molar refractivity (Wildman–Crippen MR) is 91.8 cm³/mol. The number of nitrogens with one attached hydrogen (secondary N) is 2. The third-order valence-electron chi connectivity index (χ3n) is 3.48. The van der Waals surface area contributed by atoms with Gasteiger partial charge in [-0.3, -0.25) is 4.79 Å². The number of anilines is 1. The highest BCUT2D eigenvalue weighted by Crippen LogP contribution is 2.17. The van der Waals surface area contributed by atoms with Crippen LogP contribution in [0.15, 0.2) is 39.8 Å². The maximum absolute atomic E-state index is 12.5. The van der Waals surface area contributed by atoms with E-state index in [1.807, 2.05) is 0 Å². The molecule has 0 aliphatic heterocycles. The van der Waals surface area contributed by atoms with Crippen LogP contribution < -0.4 is 14.8 Å². The maximum atomic E-state index is 12.5. The van der Waals surface area contributed by atoms with Gasteiger partial charge < -0.3 is 14.6 Å². The second kappa shape index (κ2) is 7.66. The highest BCUT2D eigenvalue weighted by molar-refractivity contribution is 7.89. The normalized spacial score (nSPS) is 12.8. The van der Waals surface area contributed by atoms with Crippen LogP contribution in [0.5, 0.6) is 5.75 Å². The van der Waals surface area contributed by atoms with Gasteiger partial charge in [0.1, 0.15) is 17.6 Å². The molecule has 0 unspecified atom stereocenters. The first-order valence-electron chi connectivity index (χ1n) is 7.63. The van der Waals surface area contributed by atoms with Crippen molar-refractivity contribution in [2.24, 2.45) is 5.92 Å². The zero-order valence-corrected chi connectivity index (χ0v) is 15.3. The number of amides is 1. The van der Waals surface area contributed by atoms with E-state index in [4.69, 9.17) is 9.26 Å². The smallest absolute Gasteiger partial charge is 0.244 e. The molecule has 1 heterocycles. The number of aromatic nitrogens is 1. The summed E-state index contributed by atoms with van der Waals surface area (Å²) in [4.78, 5) is 12.5. The number of aryl methyl sites for hydroxylation is 1. The molecular formula is C16H21N3O5S. The second-order valence-corrected chi connectivity index (χ2v) is 7.54. The van der Waals surface area contributed by atoms with Crippen LogP contribution in [-0.4, -0.2) is 32.6 Å². The van der Waals surface area contributed by atoms with E-state index in [1.165, 1.54) is 31.4 Å². The van der Waals surface area contributed by atoms with Crippen molar-refractivity contribution in [3.8, 4) is 5.75 Å². The number of nitrogens with zero attached hydrogens (tertiary/aromatic N) is 1. The molecule has 0 fully saturated rings. The second-order valence-electron chi connectivity index (χ2n) is 5.83. The Bertz CT molecular complexity index is 828. The van der Waals surface area contributed by atoms with Crippen molar-refractivity contribution >= 4 is 21.7 Å². The Balaban J connectivity index is 2.17. The summed E-state index contributed by atoms with van der Waals surface area (Å²) in [6.07, 6.45) is 0. The molecule has 0 spiro atoms. The Morgan fingerprint density at radius 1 is 1.24 bits per heavy atom. The summed E-state index contributed by atoms with van der Waals surface area (Å²) in [5.74, 6) is 0.520. The van der Waals surface area contributed by atoms with Crippen molar-refractivity contribution in [1.82, 2.24) is 9.88 Å². The molecule has 0 aliphatic rings. The molecule has 2 rings (SSSR count). The first-order valence-corrected chi connectivity index (χ1v) is 9.12. The van der Waals surface area contributed by atoms with Crippen LogP contribution in [0.1, 0.15) is 19.6 Å². The van der Waals surface area contributed by atoms with E-state index in [-0.39, 0.29) is 16.6 Å². The van der Waals surface area contributed by atoms with Crippen molar-refractivity contribution in [1.29, 1.82) is 0 Å². The lowest BCUT2D eigenvalue weighted by molar-refractivity contribution is -0.118. The van der Waals surface area contributed by atoms with E-state index in [0.29, 0.717) is 11.5 Å². The molecule has 0 saturated heterocycles. The average molecular weight is 367 g/mol. The molecule has 0 bridgehead atoms. The van der Waals surface area contributed by atoms with Gasteiger partial charge in [0.2, 0.25) is 15.9 Å². The fourth-order valence-electron chi connectivity index (χ4n) is 2.11. The van der Waals surface area contributed by atoms with Gasteiger partial charge >= 0.3 is 0 Å². The monoisotopic (exact) mass is 367 g/mol. The SMILES string of the molecule is COc1ccc(S(=O)(=O)N[C@H](C(=O)Nc2cc(C)on2)C(C)C)cc1. The van der Waals surface area contributed by atoms with Crippen LogP contribution in [0.4, 0.5) is 5.82 Å². The number of sulfonamides is 1. The van der Waals surface area contributed by atoms with Gasteiger partial charge in [0.25, 0.3) is 0 Å². The number of benzene rings is 1. The van der Waals surface area contributed by atoms with Crippen LogP contribution >= 0.6 is 0 Å². The first-order chi connectivity index (χ1) is 11.7. The van der Waals surface area contributed by atoms with Crippen molar-refractivity contribution in [3.05, 3.63) is 36.1 Å². The summed E-state index contributed by atoms with van der Waals surface area (Å²) >= 11 is 0. The molecule has 0 radical (unpaired) electrons. The summed E-state index contributed by atoms with van der Waals surface area (Å²) in [6, 6.07) is 6.49. The Labute approximate surface area is 146 Å². The minimum Gasteiger partial charge on any atom is -0.497 e. The number of rotatable bonds is 7. The van der Waals surface area contributed by atoms with Crippen molar-refractivity contribution < 1.29 is 22.5 Å². The number of methoxy groups -OCH3 is 1.